The van der Waals surface area contributed by atoms with Crippen LogP contribution in [0.15, 0.2) is 83.3 Å². The van der Waals surface area contributed by atoms with E-state index in [-0.39, 0.29) is 29.8 Å². The molecule has 8 nitrogen and oxygen atoms in total. The summed E-state index contributed by atoms with van der Waals surface area (Å²) in [5, 5.41) is 16.3. The summed E-state index contributed by atoms with van der Waals surface area (Å²) >= 11 is 6.56. The number of likely N-dealkylation sites (tertiary alicyclic amines) is 1. The highest BCUT2D eigenvalue weighted by Gasteiger charge is 2.26. The molecule has 0 aliphatic carbocycles. The molecule has 2 atom stereocenters. The molecule has 9 heteroatoms. The fourth-order valence-electron chi connectivity index (χ4n) is 5.84. The molecule has 0 radical (unpaired) electrons. The monoisotopic (exact) mass is 637 g/mol. The number of hydrogen-bond acceptors (Lipinski definition) is 6. The fourth-order valence-corrected chi connectivity index (χ4v) is 6.05. The quantitative estimate of drug-likeness (QED) is 0.171. The lowest BCUT2D eigenvalue weighted by atomic mass is 9.95. The zero-order valence-electron chi connectivity index (χ0n) is 26.3. The first-order valence-corrected chi connectivity index (χ1v) is 16.1. The number of nitrogens with zero attached hydrogens (tertiary/aromatic N) is 2. The predicted octanol–water partition coefficient (Wildman–Crippen LogP) is 6.17. The van der Waals surface area contributed by atoms with E-state index in [0.717, 1.165) is 30.0 Å². The van der Waals surface area contributed by atoms with Gasteiger partial charge in [0.1, 0.15) is 11.5 Å². The average Bonchev–Trinajstić information content (AvgIpc) is 3.54. The number of rotatable bonds is 12. The highest BCUT2D eigenvalue weighted by molar-refractivity contribution is 6.34. The number of carbonyl (C=O) groups is 2. The van der Waals surface area contributed by atoms with Crippen molar-refractivity contribution in [1.82, 2.24) is 15.5 Å². The summed E-state index contributed by atoms with van der Waals surface area (Å²) in [4.78, 5) is 27.6. The summed E-state index contributed by atoms with van der Waals surface area (Å²) in [5.41, 5.74) is 10.7. The summed E-state index contributed by atoms with van der Waals surface area (Å²) in [6.07, 6.45) is 1.97. The van der Waals surface area contributed by atoms with Crippen molar-refractivity contribution in [3.63, 3.8) is 0 Å². The molecule has 1 aromatic heterocycles. The third-order valence-electron chi connectivity index (χ3n) is 8.69. The summed E-state index contributed by atoms with van der Waals surface area (Å²) in [6.45, 7) is 6.81. The number of nitriles is 1. The molecule has 0 unspecified atom stereocenters. The van der Waals surface area contributed by atoms with Crippen molar-refractivity contribution in [3.8, 4) is 17.4 Å². The minimum absolute atomic E-state index is 0.112. The maximum atomic E-state index is 13.7. The predicted molar refractivity (Wildman–Crippen MR) is 180 cm³/mol. The Hall–Kier alpha value is -4.42. The average molecular weight is 638 g/mol. The molecular weight excluding hydrogens is 598 g/mol. The highest BCUT2D eigenvalue weighted by Crippen LogP contribution is 2.28. The van der Waals surface area contributed by atoms with Gasteiger partial charge in [-0.3, -0.25) is 9.59 Å². The molecular formula is C37H40ClN5O3. The number of primary amides is 1. The Morgan fingerprint density at radius 3 is 2.43 bits per heavy atom. The van der Waals surface area contributed by atoms with Crippen LogP contribution in [0.25, 0.3) is 11.3 Å². The van der Waals surface area contributed by atoms with E-state index in [1.807, 2.05) is 30.3 Å². The number of halogens is 1. The molecule has 4 aromatic rings. The lowest BCUT2D eigenvalue weighted by molar-refractivity contribution is -0.123. The van der Waals surface area contributed by atoms with E-state index in [1.165, 1.54) is 11.1 Å². The van der Waals surface area contributed by atoms with Crippen molar-refractivity contribution in [1.29, 1.82) is 5.26 Å². The molecule has 1 fully saturated rings. The third-order valence-corrected chi connectivity index (χ3v) is 9.02. The van der Waals surface area contributed by atoms with Crippen molar-refractivity contribution in [2.45, 2.75) is 51.7 Å². The van der Waals surface area contributed by atoms with Gasteiger partial charge in [0.05, 0.1) is 28.8 Å². The molecule has 2 heterocycles. The van der Waals surface area contributed by atoms with Crippen molar-refractivity contribution in [3.05, 3.63) is 117 Å². The van der Waals surface area contributed by atoms with Gasteiger partial charge in [-0.15, -0.1) is 0 Å². The van der Waals surface area contributed by atoms with Crippen molar-refractivity contribution < 1.29 is 14.0 Å². The smallest absolute Gasteiger partial charge is 0.253 e. The Morgan fingerprint density at radius 2 is 1.76 bits per heavy atom. The van der Waals surface area contributed by atoms with Crippen LogP contribution in [0.5, 0.6) is 0 Å². The molecule has 238 valence electrons. The molecule has 0 spiro atoms. The maximum Gasteiger partial charge on any atom is 0.253 e. The van der Waals surface area contributed by atoms with Gasteiger partial charge in [0.2, 0.25) is 5.91 Å². The second-order valence-electron chi connectivity index (χ2n) is 12.1. The van der Waals surface area contributed by atoms with Crippen molar-refractivity contribution >= 4 is 23.4 Å². The van der Waals surface area contributed by atoms with Crippen LogP contribution in [0.2, 0.25) is 5.02 Å². The first-order chi connectivity index (χ1) is 22.2. The maximum absolute atomic E-state index is 13.7. The number of furan rings is 1. The van der Waals surface area contributed by atoms with E-state index in [9.17, 15) is 14.9 Å². The number of piperidine rings is 1. The normalized spacial score (nSPS) is 15.2. The second kappa shape index (κ2) is 15.2. The first-order valence-electron chi connectivity index (χ1n) is 15.7. The number of nitrogens with one attached hydrogen (secondary N) is 2. The number of nitrogens with two attached hydrogens (primary N) is 1. The first kappa shape index (κ1) is 33.0. The molecule has 0 saturated carbocycles. The van der Waals surface area contributed by atoms with E-state index in [4.69, 9.17) is 21.8 Å². The molecule has 0 bridgehead atoms. The largest absolute Gasteiger partial charge is 0.460 e. The molecule has 3 aromatic carbocycles. The summed E-state index contributed by atoms with van der Waals surface area (Å²) < 4.78 is 6.15. The Bertz CT molecular complexity index is 1690. The Labute approximate surface area is 275 Å². The molecule has 46 heavy (non-hydrogen) atoms. The van der Waals surface area contributed by atoms with E-state index in [0.29, 0.717) is 54.3 Å². The van der Waals surface area contributed by atoms with Crippen LogP contribution in [0.1, 0.15) is 64.2 Å². The molecule has 5 rings (SSSR count). The van der Waals surface area contributed by atoms with Gasteiger partial charge in [0.15, 0.2) is 0 Å². The second-order valence-corrected chi connectivity index (χ2v) is 12.5. The van der Waals surface area contributed by atoms with Gasteiger partial charge < -0.3 is 25.7 Å². The van der Waals surface area contributed by atoms with Crippen LogP contribution in [-0.2, 0) is 17.8 Å². The number of aryl methyl sites for hydroxylation is 1. The topological polar surface area (TPSA) is 124 Å². The number of carbonyl (C=O) groups excluding carboxylic acids is 2. The van der Waals surface area contributed by atoms with Gasteiger partial charge in [-0.1, -0.05) is 53.6 Å². The molecule has 1 aliphatic rings. The van der Waals surface area contributed by atoms with Crippen molar-refractivity contribution in [2.24, 2.45) is 11.7 Å². The van der Waals surface area contributed by atoms with Crippen LogP contribution >= 0.6 is 11.6 Å². The van der Waals surface area contributed by atoms with Gasteiger partial charge >= 0.3 is 0 Å². The standard InChI is InChI=1S/C37H40ClN5O3/c1-24-3-9-28(10-4-24)25(2)41-22-32-12-14-35(46-32)30-11-13-34(38)33(20-30)37(45)42-31(19-26-5-7-27(21-39)8-6-26)23-43-17-15-29(16-18-43)36(40)44/h3-14,20,25,29,31,41H,15-19,22-23H2,1-2H3,(H2,40,44)(H,42,45)/t25-,31-/m1/s1. The Balaban J connectivity index is 1.27. The SMILES string of the molecule is Cc1ccc([C@@H](C)NCc2ccc(-c3ccc(Cl)c(C(=O)N[C@H](Cc4ccc(C#N)cc4)CN4CCC(C(N)=O)CC4)c3)o2)cc1. The van der Waals surface area contributed by atoms with Gasteiger partial charge in [-0.2, -0.15) is 5.26 Å². The van der Waals surface area contributed by atoms with Gasteiger partial charge in [-0.05, 0) is 99.8 Å². The van der Waals surface area contributed by atoms with E-state index in [1.54, 1.807) is 24.3 Å². The highest BCUT2D eigenvalue weighted by atomic mass is 35.5. The van der Waals surface area contributed by atoms with Gasteiger partial charge in [-0.25, -0.2) is 0 Å². The van der Waals surface area contributed by atoms with Gasteiger partial charge in [0.25, 0.3) is 5.91 Å². The Kier molecular flexibility index (Phi) is 10.9. The molecule has 1 saturated heterocycles. The number of hydrogen-bond donors (Lipinski definition) is 3. The molecule has 1 aliphatic heterocycles. The molecule has 4 N–H and O–H groups in total. The summed E-state index contributed by atoms with van der Waals surface area (Å²) in [7, 11) is 0. The zero-order chi connectivity index (χ0) is 32.6. The summed E-state index contributed by atoms with van der Waals surface area (Å²) in [5.74, 6) is 0.791. The minimum Gasteiger partial charge on any atom is -0.460 e. The van der Waals surface area contributed by atoms with E-state index >= 15 is 0 Å². The van der Waals surface area contributed by atoms with Crippen LogP contribution in [0.3, 0.4) is 0 Å². The van der Waals surface area contributed by atoms with Crippen LogP contribution in [0, 0.1) is 24.2 Å². The number of amides is 2. The van der Waals surface area contributed by atoms with Crippen LogP contribution in [0.4, 0.5) is 0 Å². The summed E-state index contributed by atoms with van der Waals surface area (Å²) in [6, 6.07) is 27.1. The number of benzene rings is 3. The van der Waals surface area contributed by atoms with E-state index in [2.05, 4.69) is 59.7 Å². The van der Waals surface area contributed by atoms with Gasteiger partial charge in [0, 0.05) is 30.1 Å². The molecule has 2 amide bonds. The van der Waals surface area contributed by atoms with Crippen LogP contribution < -0.4 is 16.4 Å². The third kappa shape index (κ3) is 8.64. The lowest BCUT2D eigenvalue weighted by Gasteiger charge is -2.33. The Morgan fingerprint density at radius 1 is 1.04 bits per heavy atom. The zero-order valence-corrected chi connectivity index (χ0v) is 27.0. The van der Waals surface area contributed by atoms with E-state index < -0.39 is 0 Å². The fraction of sp³-hybridized carbons (Fsp3) is 0.324. The van der Waals surface area contributed by atoms with Crippen molar-refractivity contribution in [2.75, 3.05) is 19.6 Å². The lowest BCUT2D eigenvalue weighted by Crippen LogP contribution is -2.48. The van der Waals surface area contributed by atoms with Crippen LogP contribution in [-0.4, -0.2) is 42.4 Å². The minimum atomic E-state index is -0.280.